The van der Waals surface area contributed by atoms with Gasteiger partial charge in [-0.15, -0.1) is 0 Å². The monoisotopic (exact) mass is 327 g/mol. The molecule has 0 radical (unpaired) electrons. The van der Waals surface area contributed by atoms with Crippen LogP contribution in [0.5, 0.6) is 5.75 Å². The highest BCUT2D eigenvalue weighted by Gasteiger charge is 2.13. The number of nitrogens with one attached hydrogen (secondary N) is 2. The van der Waals surface area contributed by atoms with Crippen LogP contribution in [-0.4, -0.2) is 33.0 Å². The number of methoxy groups -OCH3 is 1. The minimum Gasteiger partial charge on any atom is -0.497 e. The molecule has 0 spiro atoms. The normalized spacial score (nSPS) is 9.96. The number of hydrogen-bond donors (Lipinski definition) is 2. The molecule has 0 aliphatic rings. The Morgan fingerprint density at radius 3 is 2.38 bits per heavy atom. The number of amides is 2. The molecule has 0 saturated carbocycles. The van der Waals surface area contributed by atoms with Crippen molar-refractivity contribution >= 4 is 23.2 Å². The molecule has 0 saturated heterocycles. The first-order valence-electron chi connectivity index (χ1n) is 7.49. The number of carbonyl (C=O) groups is 2. The van der Waals surface area contributed by atoms with Crippen molar-refractivity contribution in [3.05, 3.63) is 54.1 Å². The molecule has 0 aromatic heterocycles. The van der Waals surface area contributed by atoms with Gasteiger partial charge in [-0.1, -0.05) is 18.2 Å². The summed E-state index contributed by atoms with van der Waals surface area (Å²) >= 11 is 0. The van der Waals surface area contributed by atoms with Crippen molar-refractivity contribution in [3.8, 4) is 5.75 Å². The van der Waals surface area contributed by atoms with Crippen LogP contribution >= 0.6 is 0 Å². The molecule has 2 aromatic rings. The molecule has 24 heavy (non-hydrogen) atoms. The summed E-state index contributed by atoms with van der Waals surface area (Å²) in [5.74, 6) is -0.635. The summed E-state index contributed by atoms with van der Waals surface area (Å²) in [4.78, 5) is 25.8. The smallest absolute Gasteiger partial charge is 0.313 e. The Bertz CT molecular complexity index is 712. The second-order valence-corrected chi connectivity index (χ2v) is 5.43. The number of hydrogen-bond acceptors (Lipinski definition) is 4. The highest BCUT2D eigenvalue weighted by atomic mass is 16.5. The van der Waals surface area contributed by atoms with Crippen molar-refractivity contribution in [1.29, 1.82) is 0 Å². The summed E-state index contributed by atoms with van der Waals surface area (Å²) < 4.78 is 5.07. The second-order valence-electron chi connectivity index (χ2n) is 5.43. The van der Waals surface area contributed by atoms with Crippen molar-refractivity contribution in [3.63, 3.8) is 0 Å². The summed E-state index contributed by atoms with van der Waals surface area (Å²) in [7, 11) is 5.40. The lowest BCUT2D eigenvalue weighted by molar-refractivity contribution is -0.136. The van der Waals surface area contributed by atoms with E-state index >= 15 is 0 Å². The summed E-state index contributed by atoms with van der Waals surface area (Å²) in [6, 6.07) is 14.5. The number of rotatable bonds is 5. The maximum absolute atomic E-state index is 12.0. The predicted octanol–water partition coefficient (Wildman–Crippen LogP) is 2.02. The Hall–Kier alpha value is -3.02. The Morgan fingerprint density at radius 2 is 1.75 bits per heavy atom. The van der Waals surface area contributed by atoms with E-state index in [0.29, 0.717) is 5.69 Å². The Balaban J connectivity index is 1.89. The molecule has 0 aliphatic carbocycles. The van der Waals surface area contributed by atoms with Crippen LogP contribution in [0.1, 0.15) is 5.56 Å². The van der Waals surface area contributed by atoms with Gasteiger partial charge >= 0.3 is 11.8 Å². The topological polar surface area (TPSA) is 70.7 Å². The molecule has 6 nitrogen and oxygen atoms in total. The van der Waals surface area contributed by atoms with Gasteiger partial charge in [-0.05, 0) is 35.9 Å². The number of ether oxygens (including phenoxy) is 1. The molecular formula is C18H21N3O3. The average Bonchev–Trinajstić information content (AvgIpc) is 2.60. The van der Waals surface area contributed by atoms with Gasteiger partial charge in [-0.2, -0.15) is 0 Å². The maximum atomic E-state index is 12.0. The third-order valence-electron chi connectivity index (χ3n) is 3.44. The Labute approximate surface area is 141 Å². The lowest BCUT2D eigenvalue weighted by Crippen LogP contribution is -2.34. The number of carbonyl (C=O) groups excluding carboxylic acids is 2. The summed E-state index contributed by atoms with van der Waals surface area (Å²) in [5, 5.41) is 5.19. The van der Waals surface area contributed by atoms with E-state index < -0.39 is 11.8 Å². The first-order chi connectivity index (χ1) is 11.5. The molecule has 2 N–H and O–H groups in total. The van der Waals surface area contributed by atoms with Crippen molar-refractivity contribution in [2.24, 2.45) is 0 Å². The fourth-order valence-electron chi connectivity index (χ4n) is 2.06. The first kappa shape index (κ1) is 17.3. The van der Waals surface area contributed by atoms with Gasteiger partial charge in [0.2, 0.25) is 0 Å². The van der Waals surface area contributed by atoms with Crippen molar-refractivity contribution < 1.29 is 14.3 Å². The highest BCUT2D eigenvalue weighted by Crippen LogP contribution is 2.17. The van der Waals surface area contributed by atoms with Crippen LogP contribution in [0.2, 0.25) is 0 Å². The van der Waals surface area contributed by atoms with Gasteiger partial charge in [-0.25, -0.2) is 0 Å². The van der Waals surface area contributed by atoms with Gasteiger partial charge in [0.05, 0.1) is 7.11 Å². The van der Waals surface area contributed by atoms with E-state index in [1.807, 2.05) is 43.3 Å². The molecular weight excluding hydrogens is 306 g/mol. The van der Waals surface area contributed by atoms with Crippen molar-refractivity contribution in [1.82, 2.24) is 5.32 Å². The highest BCUT2D eigenvalue weighted by molar-refractivity contribution is 6.39. The van der Waals surface area contributed by atoms with Gasteiger partial charge in [-0.3, -0.25) is 9.59 Å². The van der Waals surface area contributed by atoms with Gasteiger partial charge in [0.15, 0.2) is 0 Å². The van der Waals surface area contributed by atoms with E-state index in [0.717, 1.165) is 17.0 Å². The van der Waals surface area contributed by atoms with Crippen LogP contribution in [0.15, 0.2) is 48.5 Å². The van der Waals surface area contributed by atoms with E-state index in [2.05, 4.69) is 10.6 Å². The largest absolute Gasteiger partial charge is 0.497 e. The molecule has 126 valence electrons. The number of nitrogens with zero attached hydrogens (tertiary/aromatic N) is 1. The van der Waals surface area contributed by atoms with Crippen LogP contribution in [0.4, 0.5) is 11.4 Å². The molecule has 6 heteroatoms. The van der Waals surface area contributed by atoms with Crippen molar-refractivity contribution in [2.45, 2.75) is 6.54 Å². The zero-order valence-electron chi connectivity index (χ0n) is 14.0. The van der Waals surface area contributed by atoms with Crippen LogP contribution < -0.4 is 20.3 Å². The van der Waals surface area contributed by atoms with E-state index in [-0.39, 0.29) is 6.54 Å². The van der Waals surface area contributed by atoms with Gasteiger partial charge in [0.1, 0.15) is 5.75 Å². The van der Waals surface area contributed by atoms with Gasteiger partial charge in [0, 0.05) is 32.0 Å². The fraction of sp³-hybridized carbons (Fsp3) is 0.222. The minimum atomic E-state index is -0.695. The molecule has 0 heterocycles. The number of anilines is 2. The lowest BCUT2D eigenvalue weighted by atomic mass is 10.2. The standard InChI is InChI=1S/C18H21N3O3/c1-21(2)15-6-4-5-14(11-15)20-18(23)17(22)19-12-13-7-9-16(24-3)10-8-13/h4-11H,12H2,1-3H3,(H,19,22)(H,20,23). The SMILES string of the molecule is COc1ccc(CNC(=O)C(=O)Nc2cccc(N(C)C)c2)cc1. The molecule has 0 unspecified atom stereocenters. The summed E-state index contributed by atoms with van der Waals surface area (Å²) in [6.07, 6.45) is 0. The minimum absolute atomic E-state index is 0.272. The fourth-order valence-corrected chi connectivity index (χ4v) is 2.06. The van der Waals surface area contributed by atoms with Crippen molar-refractivity contribution in [2.75, 3.05) is 31.4 Å². The molecule has 2 aromatic carbocycles. The number of benzene rings is 2. The zero-order valence-corrected chi connectivity index (χ0v) is 14.0. The van der Waals surface area contributed by atoms with Crippen LogP contribution in [-0.2, 0) is 16.1 Å². The molecule has 2 rings (SSSR count). The Kier molecular flexibility index (Phi) is 5.78. The molecule has 0 aliphatic heterocycles. The third kappa shape index (κ3) is 4.74. The summed E-state index contributed by atoms with van der Waals surface area (Å²) in [6.45, 7) is 0.272. The molecule has 0 atom stereocenters. The van der Waals surface area contributed by atoms with E-state index in [4.69, 9.17) is 4.74 Å². The summed E-state index contributed by atoms with van der Waals surface area (Å²) in [5.41, 5.74) is 2.39. The van der Waals surface area contributed by atoms with Crippen LogP contribution in [0, 0.1) is 0 Å². The van der Waals surface area contributed by atoms with Gasteiger partial charge < -0.3 is 20.3 Å². The molecule has 0 bridgehead atoms. The van der Waals surface area contributed by atoms with Gasteiger partial charge in [0.25, 0.3) is 0 Å². The quantitative estimate of drug-likeness (QED) is 0.824. The predicted molar refractivity (Wildman–Crippen MR) is 94.2 cm³/mol. The van der Waals surface area contributed by atoms with E-state index in [1.165, 1.54) is 0 Å². The molecule has 0 fully saturated rings. The Morgan fingerprint density at radius 1 is 1.04 bits per heavy atom. The van der Waals surface area contributed by atoms with Crippen LogP contribution in [0.25, 0.3) is 0 Å². The third-order valence-corrected chi connectivity index (χ3v) is 3.44. The average molecular weight is 327 g/mol. The van der Waals surface area contributed by atoms with E-state index in [9.17, 15) is 9.59 Å². The van der Waals surface area contributed by atoms with Crippen LogP contribution in [0.3, 0.4) is 0 Å². The maximum Gasteiger partial charge on any atom is 0.313 e. The lowest BCUT2D eigenvalue weighted by Gasteiger charge is -2.14. The zero-order chi connectivity index (χ0) is 17.5. The molecule has 2 amide bonds. The second kappa shape index (κ2) is 8.01. The first-order valence-corrected chi connectivity index (χ1v) is 7.49. The van der Waals surface area contributed by atoms with E-state index in [1.54, 1.807) is 31.4 Å².